The lowest BCUT2D eigenvalue weighted by Crippen LogP contribution is -2.46. The van der Waals surface area contributed by atoms with Crippen LogP contribution in [0.25, 0.3) is 0 Å². The maximum Gasteiger partial charge on any atom is 0.150 e. The Bertz CT molecular complexity index is 194. The summed E-state index contributed by atoms with van der Waals surface area (Å²) >= 11 is 0. The number of hydrogen-bond acceptors (Lipinski definition) is 2. The second kappa shape index (κ2) is 4.92. The fraction of sp³-hybridized carbons (Fsp3) is 0.917. The van der Waals surface area contributed by atoms with Crippen molar-refractivity contribution in [3.8, 4) is 0 Å². The first-order chi connectivity index (χ1) is 6.88. The molecular weight excluding hydrogens is 174 g/mol. The molecule has 1 aliphatic heterocycles. The third kappa shape index (κ3) is 2.35. The van der Waals surface area contributed by atoms with Gasteiger partial charge in [0, 0.05) is 6.42 Å². The summed E-state index contributed by atoms with van der Waals surface area (Å²) in [6.45, 7) is 1.05. The van der Waals surface area contributed by atoms with Crippen LogP contribution in [0.1, 0.15) is 51.4 Å². The van der Waals surface area contributed by atoms with E-state index >= 15 is 0 Å². The fourth-order valence-electron chi connectivity index (χ4n) is 2.86. The average molecular weight is 195 g/mol. The lowest BCUT2D eigenvalue weighted by molar-refractivity contribution is -0.123. The summed E-state index contributed by atoms with van der Waals surface area (Å²) in [5.74, 6) is 1.12. The summed E-state index contributed by atoms with van der Waals surface area (Å²) in [4.78, 5) is 11.7. The molecule has 1 saturated carbocycles. The van der Waals surface area contributed by atoms with E-state index in [1.807, 2.05) is 0 Å². The first-order valence-electron chi connectivity index (χ1n) is 6.14. The second-order valence-corrected chi connectivity index (χ2v) is 4.75. The molecule has 0 radical (unpaired) electrons. The molecule has 0 amide bonds. The van der Waals surface area contributed by atoms with E-state index in [9.17, 15) is 4.79 Å². The largest absolute Gasteiger partial charge is 0.307 e. The number of Topliss-reactive ketones (excluding diaryl/α,β-unsaturated/α-hetero) is 1. The molecule has 1 aliphatic carbocycles. The maximum atomic E-state index is 11.7. The van der Waals surface area contributed by atoms with Gasteiger partial charge in [-0.3, -0.25) is 4.79 Å². The molecule has 2 rings (SSSR count). The van der Waals surface area contributed by atoms with Gasteiger partial charge in [0.25, 0.3) is 0 Å². The van der Waals surface area contributed by atoms with Gasteiger partial charge in [0.1, 0.15) is 5.78 Å². The highest BCUT2D eigenvalue weighted by Crippen LogP contribution is 2.27. The number of carbonyl (C=O) groups excluding carboxylic acids is 1. The van der Waals surface area contributed by atoms with E-state index in [4.69, 9.17) is 0 Å². The SMILES string of the molecule is O=C1CCCNC1C1CCCCCC1. The second-order valence-electron chi connectivity index (χ2n) is 4.75. The molecule has 2 aliphatic rings. The molecule has 1 heterocycles. The quantitative estimate of drug-likeness (QED) is 0.650. The van der Waals surface area contributed by atoms with Gasteiger partial charge in [0.05, 0.1) is 6.04 Å². The van der Waals surface area contributed by atoms with Gasteiger partial charge in [-0.25, -0.2) is 0 Å². The van der Waals surface area contributed by atoms with Crippen molar-refractivity contribution in [2.24, 2.45) is 5.92 Å². The van der Waals surface area contributed by atoms with E-state index in [-0.39, 0.29) is 6.04 Å². The van der Waals surface area contributed by atoms with Crippen LogP contribution in [0.2, 0.25) is 0 Å². The third-order valence-corrected chi connectivity index (χ3v) is 3.68. The van der Waals surface area contributed by atoms with Crippen molar-refractivity contribution in [1.82, 2.24) is 5.32 Å². The molecule has 1 N–H and O–H groups in total. The molecule has 1 saturated heterocycles. The molecule has 0 spiro atoms. The molecule has 0 aromatic heterocycles. The van der Waals surface area contributed by atoms with E-state index in [0.29, 0.717) is 11.7 Å². The third-order valence-electron chi connectivity index (χ3n) is 3.68. The molecule has 1 atom stereocenters. The van der Waals surface area contributed by atoms with Crippen molar-refractivity contribution in [2.75, 3.05) is 6.54 Å². The predicted octanol–water partition coefficient (Wildman–Crippen LogP) is 2.28. The van der Waals surface area contributed by atoms with E-state index in [1.54, 1.807) is 0 Å². The number of nitrogens with one attached hydrogen (secondary N) is 1. The zero-order valence-electron chi connectivity index (χ0n) is 8.93. The first kappa shape index (κ1) is 10.2. The van der Waals surface area contributed by atoms with E-state index in [1.165, 1.54) is 38.5 Å². The van der Waals surface area contributed by atoms with Crippen LogP contribution in [-0.4, -0.2) is 18.4 Å². The molecule has 2 heteroatoms. The van der Waals surface area contributed by atoms with Gasteiger partial charge in [0.2, 0.25) is 0 Å². The van der Waals surface area contributed by atoms with Gasteiger partial charge in [0.15, 0.2) is 0 Å². The van der Waals surface area contributed by atoms with Crippen molar-refractivity contribution < 1.29 is 4.79 Å². The minimum absolute atomic E-state index is 0.210. The van der Waals surface area contributed by atoms with Gasteiger partial charge in [-0.2, -0.15) is 0 Å². The molecule has 0 aromatic rings. The van der Waals surface area contributed by atoms with E-state index in [2.05, 4.69) is 5.32 Å². The van der Waals surface area contributed by atoms with E-state index in [0.717, 1.165) is 19.4 Å². The molecule has 0 aromatic carbocycles. The van der Waals surface area contributed by atoms with Crippen LogP contribution in [0.5, 0.6) is 0 Å². The number of rotatable bonds is 1. The van der Waals surface area contributed by atoms with E-state index < -0.39 is 0 Å². The fourth-order valence-corrected chi connectivity index (χ4v) is 2.86. The average Bonchev–Trinajstić information content (AvgIpc) is 2.47. The highest BCUT2D eigenvalue weighted by molar-refractivity contribution is 5.85. The summed E-state index contributed by atoms with van der Waals surface area (Å²) < 4.78 is 0. The Morgan fingerprint density at radius 2 is 1.71 bits per heavy atom. The number of hydrogen-bond donors (Lipinski definition) is 1. The summed E-state index contributed by atoms with van der Waals surface area (Å²) in [6, 6.07) is 0.210. The van der Waals surface area contributed by atoms with Gasteiger partial charge in [-0.15, -0.1) is 0 Å². The minimum atomic E-state index is 0.210. The Labute approximate surface area is 86.5 Å². The Morgan fingerprint density at radius 3 is 2.36 bits per heavy atom. The summed E-state index contributed by atoms with van der Waals surface area (Å²) in [5, 5.41) is 3.42. The van der Waals surface area contributed by atoms with Gasteiger partial charge in [-0.1, -0.05) is 25.7 Å². The number of piperidine rings is 1. The standard InChI is InChI=1S/C12H21NO/c14-11-8-5-9-13-12(11)10-6-3-1-2-4-7-10/h10,12-13H,1-9H2. The van der Waals surface area contributed by atoms with Crippen molar-refractivity contribution in [2.45, 2.75) is 57.4 Å². The molecular formula is C12H21NO. The lowest BCUT2D eigenvalue weighted by atomic mass is 9.86. The molecule has 2 nitrogen and oxygen atoms in total. The monoisotopic (exact) mass is 195 g/mol. The molecule has 1 unspecified atom stereocenters. The highest BCUT2D eigenvalue weighted by atomic mass is 16.1. The molecule has 2 fully saturated rings. The number of ketones is 1. The summed E-state index contributed by atoms with van der Waals surface area (Å²) in [6.07, 6.45) is 9.80. The topological polar surface area (TPSA) is 29.1 Å². The van der Waals surface area contributed by atoms with Gasteiger partial charge < -0.3 is 5.32 Å². The van der Waals surface area contributed by atoms with Crippen molar-refractivity contribution in [3.05, 3.63) is 0 Å². The molecule has 0 bridgehead atoms. The minimum Gasteiger partial charge on any atom is -0.307 e. The van der Waals surface area contributed by atoms with Crippen LogP contribution in [0.3, 0.4) is 0 Å². The van der Waals surface area contributed by atoms with Crippen molar-refractivity contribution in [3.63, 3.8) is 0 Å². The highest BCUT2D eigenvalue weighted by Gasteiger charge is 2.29. The molecule has 14 heavy (non-hydrogen) atoms. The van der Waals surface area contributed by atoms with Crippen LogP contribution in [0.15, 0.2) is 0 Å². The van der Waals surface area contributed by atoms with Crippen molar-refractivity contribution >= 4 is 5.78 Å². The van der Waals surface area contributed by atoms with Crippen molar-refractivity contribution in [1.29, 1.82) is 0 Å². The Balaban J connectivity index is 1.93. The van der Waals surface area contributed by atoms with Crippen LogP contribution < -0.4 is 5.32 Å². The van der Waals surface area contributed by atoms with Crippen LogP contribution >= 0.6 is 0 Å². The normalized spacial score (nSPS) is 31.4. The lowest BCUT2D eigenvalue weighted by Gasteiger charge is -2.29. The predicted molar refractivity (Wildman–Crippen MR) is 57.2 cm³/mol. The van der Waals surface area contributed by atoms with Gasteiger partial charge >= 0.3 is 0 Å². The maximum absolute atomic E-state index is 11.7. The Kier molecular flexibility index (Phi) is 3.57. The smallest absolute Gasteiger partial charge is 0.150 e. The Hall–Kier alpha value is -0.370. The zero-order valence-corrected chi connectivity index (χ0v) is 8.93. The van der Waals surface area contributed by atoms with Gasteiger partial charge in [-0.05, 0) is 31.7 Å². The van der Waals surface area contributed by atoms with Crippen LogP contribution in [0, 0.1) is 5.92 Å². The Morgan fingerprint density at radius 1 is 1.00 bits per heavy atom. The summed E-state index contributed by atoms with van der Waals surface area (Å²) in [7, 11) is 0. The summed E-state index contributed by atoms with van der Waals surface area (Å²) in [5.41, 5.74) is 0. The van der Waals surface area contributed by atoms with Crippen LogP contribution in [0.4, 0.5) is 0 Å². The zero-order chi connectivity index (χ0) is 9.80. The molecule has 80 valence electrons. The first-order valence-corrected chi connectivity index (χ1v) is 6.14. The number of carbonyl (C=O) groups is 1. The van der Waals surface area contributed by atoms with Crippen LogP contribution in [-0.2, 0) is 4.79 Å².